The van der Waals surface area contributed by atoms with Gasteiger partial charge in [-0.3, -0.25) is 9.74 Å². The summed E-state index contributed by atoms with van der Waals surface area (Å²) < 4.78 is 38.3. The van der Waals surface area contributed by atoms with Crippen molar-refractivity contribution >= 4 is 33.2 Å². The van der Waals surface area contributed by atoms with Crippen molar-refractivity contribution in [1.29, 1.82) is 0 Å². The number of rotatable bonds is 8. The molecule has 4 aromatic rings. The van der Waals surface area contributed by atoms with Crippen molar-refractivity contribution in [1.82, 2.24) is 10.4 Å². The van der Waals surface area contributed by atoms with Crippen LogP contribution < -0.4 is 10.2 Å². The minimum absolute atomic E-state index is 0.0178. The molecular formula is C30H28N2O7S2. The Morgan fingerprint density at radius 1 is 0.902 bits per heavy atom. The molecule has 2 atom stereocenters. The van der Waals surface area contributed by atoms with Crippen LogP contribution in [0.1, 0.15) is 33.7 Å². The first kappa shape index (κ1) is 28.3. The van der Waals surface area contributed by atoms with Crippen molar-refractivity contribution < 1.29 is 32.3 Å². The van der Waals surface area contributed by atoms with Crippen molar-refractivity contribution in [2.24, 2.45) is 0 Å². The van der Waals surface area contributed by atoms with E-state index >= 15 is 0 Å². The number of fused-ring (bicyclic) bond motifs is 1. The van der Waals surface area contributed by atoms with Gasteiger partial charge in [0.15, 0.2) is 15.9 Å². The lowest BCUT2D eigenvalue weighted by Gasteiger charge is -2.39. The van der Waals surface area contributed by atoms with Crippen LogP contribution in [0.2, 0.25) is 0 Å². The molecule has 2 unspecified atom stereocenters. The summed E-state index contributed by atoms with van der Waals surface area (Å²) >= 11 is 1.26. The molecule has 0 fully saturated rings. The minimum atomic E-state index is -4.17. The molecular weight excluding hydrogens is 564 g/mol. The summed E-state index contributed by atoms with van der Waals surface area (Å²) in [5, 5.41) is 0.341. The first-order chi connectivity index (χ1) is 19.8. The zero-order valence-electron chi connectivity index (χ0n) is 22.3. The molecule has 0 saturated heterocycles. The highest BCUT2D eigenvalue weighted by Crippen LogP contribution is 2.41. The fourth-order valence-electron chi connectivity index (χ4n) is 4.84. The van der Waals surface area contributed by atoms with Crippen LogP contribution in [0.15, 0.2) is 101 Å². The number of carbonyl (C=O) groups is 2. The summed E-state index contributed by atoms with van der Waals surface area (Å²) in [6.07, 6.45) is -0.716. The van der Waals surface area contributed by atoms with Crippen molar-refractivity contribution in [2.75, 3.05) is 14.2 Å². The monoisotopic (exact) mass is 592 g/mol. The molecule has 1 aromatic heterocycles. The highest BCUT2D eigenvalue weighted by atomic mass is 32.2. The smallest absolute Gasteiger partial charge is 0.343 e. The summed E-state index contributed by atoms with van der Waals surface area (Å²) in [4.78, 5) is 34.5. The largest absolute Gasteiger partial charge is 0.497 e. The van der Waals surface area contributed by atoms with Gasteiger partial charge >= 0.3 is 12.0 Å². The number of carbonyl (C=O) groups excluding carboxylic acids is 2. The number of hydrogen-bond donors (Lipinski definition) is 1. The molecule has 1 aliphatic heterocycles. The van der Waals surface area contributed by atoms with Gasteiger partial charge in [0.25, 0.3) is 0 Å². The number of amides is 2. The summed E-state index contributed by atoms with van der Waals surface area (Å²) in [6, 6.07) is 24.0. The molecule has 2 heterocycles. The SMILES string of the molecule is COC(=O)C1c2sccc2CC(S(=O)(=O)c2ccc(OC)cc2)N1C(=O)NOC(c1ccccc1)c1ccccc1. The van der Waals surface area contributed by atoms with E-state index in [1.54, 1.807) is 11.4 Å². The number of nitrogens with zero attached hydrogens (tertiary/aromatic N) is 1. The van der Waals surface area contributed by atoms with Gasteiger partial charge in [-0.25, -0.2) is 23.5 Å². The number of thiophene rings is 1. The van der Waals surface area contributed by atoms with E-state index in [2.05, 4.69) is 5.48 Å². The predicted octanol–water partition coefficient (Wildman–Crippen LogP) is 5.06. The quantitative estimate of drug-likeness (QED) is 0.225. The lowest BCUT2D eigenvalue weighted by molar-refractivity contribution is -0.147. The van der Waals surface area contributed by atoms with Crippen LogP contribution in [0.4, 0.5) is 4.79 Å². The number of ether oxygens (including phenoxy) is 2. The number of esters is 1. The molecule has 11 heteroatoms. The average molecular weight is 593 g/mol. The van der Waals surface area contributed by atoms with E-state index in [1.165, 1.54) is 49.8 Å². The molecule has 2 amide bonds. The van der Waals surface area contributed by atoms with E-state index in [9.17, 15) is 18.0 Å². The Morgan fingerprint density at radius 2 is 1.51 bits per heavy atom. The van der Waals surface area contributed by atoms with Gasteiger partial charge < -0.3 is 9.47 Å². The molecule has 0 radical (unpaired) electrons. The first-order valence-corrected chi connectivity index (χ1v) is 15.1. The van der Waals surface area contributed by atoms with Crippen molar-refractivity contribution in [3.63, 3.8) is 0 Å². The summed E-state index contributed by atoms with van der Waals surface area (Å²) in [5.41, 5.74) is 4.65. The fourth-order valence-corrected chi connectivity index (χ4v) is 7.61. The second-order valence-corrected chi connectivity index (χ2v) is 12.3. The van der Waals surface area contributed by atoms with E-state index in [4.69, 9.17) is 14.3 Å². The molecule has 41 heavy (non-hydrogen) atoms. The Hall–Kier alpha value is -4.19. The third kappa shape index (κ3) is 5.69. The molecule has 1 N–H and O–H groups in total. The normalized spacial score (nSPS) is 16.6. The second kappa shape index (κ2) is 12.1. The van der Waals surface area contributed by atoms with Crippen LogP contribution in [0.3, 0.4) is 0 Å². The van der Waals surface area contributed by atoms with Crippen molar-refractivity contribution in [3.05, 3.63) is 118 Å². The molecule has 5 rings (SSSR count). The minimum Gasteiger partial charge on any atom is -0.497 e. The number of nitrogens with one attached hydrogen (secondary N) is 1. The zero-order valence-corrected chi connectivity index (χ0v) is 23.9. The van der Waals surface area contributed by atoms with E-state index in [0.29, 0.717) is 16.2 Å². The Kier molecular flexibility index (Phi) is 8.39. The lowest BCUT2D eigenvalue weighted by Crippen LogP contribution is -2.56. The van der Waals surface area contributed by atoms with Crippen molar-refractivity contribution in [3.8, 4) is 5.75 Å². The molecule has 1 aliphatic rings. The van der Waals surface area contributed by atoms with Gasteiger partial charge in [0.2, 0.25) is 0 Å². The third-order valence-electron chi connectivity index (χ3n) is 6.89. The third-order valence-corrected chi connectivity index (χ3v) is 9.94. The average Bonchev–Trinajstić information content (AvgIpc) is 3.49. The van der Waals surface area contributed by atoms with Gasteiger partial charge in [0.05, 0.1) is 19.1 Å². The number of hydroxylamine groups is 1. The molecule has 3 aromatic carbocycles. The highest BCUT2D eigenvalue weighted by Gasteiger charge is 2.49. The van der Waals surface area contributed by atoms with Crippen LogP contribution >= 0.6 is 11.3 Å². The molecule has 0 aliphatic carbocycles. The van der Waals surface area contributed by atoms with Crippen LogP contribution in [-0.4, -0.2) is 44.9 Å². The van der Waals surface area contributed by atoms with E-state index < -0.39 is 39.4 Å². The number of urea groups is 1. The second-order valence-electron chi connectivity index (χ2n) is 9.25. The van der Waals surface area contributed by atoms with Gasteiger partial charge in [-0.1, -0.05) is 60.7 Å². The molecule has 0 saturated carbocycles. The van der Waals surface area contributed by atoms with Gasteiger partial charge in [0, 0.05) is 11.3 Å². The van der Waals surface area contributed by atoms with E-state index in [0.717, 1.165) is 16.0 Å². The van der Waals surface area contributed by atoms with E-state index in [1.807, 2.05) is 60.7 Å². The maximum absolute atomic E-state index is 14.0. The van der Waals surface area contributed by atoms with Crippen LogP contribution in [0, 0.1) is 0 Å². The molecule has 9 nitrogen and oxygen atoms in total. The zero-order chi connectivity index (χ0) is 29.0. The van der Waals surface area contributed by atoms with Gasteiger partial charge in [-0.15, -0.1) is 11.3 Å². The molecule has 0 bridgehead atoms. The van der Waals surface area contributed by atoms with Gasteiger partial charge in [0.1, 0.15) is 17.2 Å². The van der Waals surface area contributed by atoms with Crippen LogP contribution in [0.5, 0.6) is 5.75 Å². The Morgan fingerprint density at radius 3 is 2.07 bits per heavy atom. The number of hydrogen-bond acceptors (Lipinski definition) is 8. The Balaban J connectivity index is 1.53. The van der Waals surface area contributed by atoms with Gasteiger partial charge in [-0.05, 0) is 52.4 Å². The van der Waals surface area contributed by atoms with Gasteiger partial charge in [-0.2, -0.15) is 0 Å². The van der Waals surface area contributed by atoms with E-state index in [-0.39, 0.29) is 11.3 Å². The maximum Gasteiger partial charge on any atom is 0.343 e. The molecule has 212 valence electrons. The van der Waals surface area contributed by atoms with Crippen molar-refractivity contribution in [2.45, 2.75) is 28.8 Å². The predicted molar refractivity (Wildman–Crippen MR) is 153 cm³/mol. The highest BCUT2D eigenvalue weighted by molar-refractivity contribution is 7.92. The standard InChI is InChI=1S/C30H28N2O7S2/c1-37-23-13-15-24(16-14-23)41(35,36)25-19-22-17-18-40-28(22)26(29(33)38-2)32(25)30(34)31-39-27(20-9-5-3-6-10-20)21-11-7-4-8-12-21/h3-18,25-27H,19H2,1-2H3,(H,31,34). The maximum atomic E-state index is 14.0. The summed E-state index contributed by atoms with van der Waals surface area (Å²) in [7, 11) is -1.49. The Labute approximate surface area is 242 Å². The Bertz CT molecular complexity index is 1570. The topological polar surface area (TPSA) is 111 Å². The number of methoxy groups -OCH3 is 2. The summed E-state index contributed by atoms with van der Waals surface area (Å²) in [6.45, 7) is 0. The first-order valence-electron chi connectivity index (χ1n) is 12.7. The van der Waals surface area contributed by atoms with Crippen LogP contribution in [0.25, 0.3) is 0 Å². The lowest BCUT2D eigenvalue weighted by atomic mass is 10.0. The summed E-state index contributed by atoms with van der Waals surface area (Å²) in [5.74, 6) is -0.280. The molecule has 0 spiro atoms. The number of sulfone groups is 1. The number of benzene rings is 3. The fraction of sp³-hybridized carbons (Fsp3) is 0.200. The van der Waals surface area contributed by atoms with Crippen LogP contribution in [-0.2, 0) is 30.6 Å².